The zero-order chi connectivity index (χ0) is 16.0. The fraction of sp³-hybridized carbons (Fsp3) is 0. The number of aromatic nitrogens is 2. The highest BCUT2D eigenvalue weighted by Crippen LogP contribution is 2.17. The van der Waals surface area contributed by atoms with Gasteiger partial charge < -0.3 is 31.2 Å². The van der Waals surface area contributed by atoms with Gasteiger partial charge in [-0.15, -0.1) is 4.73 Å². The molecular formula is C10H10N6O5. The number of nitrogens with two attached hydrogens (primary N) is 1. The third-order valence-electron chi connectivity index (χ3n) is 2.11. The molecule has 0 spiro atoms. The summed E-state index contributed by atoms with van der Waals surface area (Å²) in [6, 6.07) is 12.0. The quantitative estimate of drug-likeness (QED) is 0.414. The van der Waals surface area contributed by atoms with Crippen molar-refractivity contribution in [1.29, 1.82) is 5.41 Å². The Hall–Kier alpha value is -3.50. The Bertz CT molecular complexity index is 687. The first-order valence-corrected chi connectivity index (χ1v) is 5.31. The predicted octanol–water partition coefficient (Wildman–Crippen LogP) is 0.685. The molecule has 0 saturated carbocycles. The molecule has 0 fully saturated rings. The molecule has 0 bridgehead atoms. The van der Waals surface area contributed by atoms with Gasteiger partial charge in [-0.25, -0.2) is 0 Å². The van der Waals surface area contributed by atoms with Gasteiger partial charge in [0.25, 0.3) is 5.49 Å². The normalized spacial score (nSPS) is 9.33. The summed E-state index contributed by atoms with van der Waals surface area (Å²) in [7, 11) is 0. The summed E-state index contributed by atoms with van der Waals surface area (Å²) < 4.78 is -0.177. The number of hydrogen-bond donors (Lipinski definition) is 3. The Balaban J connectivity index is 0.000000304. The van der Waals surface area contributed by atoms with Crippen LogP contribution in [0.15, 0.2) is 36.4 Å². The summed E-state index contributed by atoms with van der Waals surface area (Å²) in [5, 5.41) is 36.6. The Morgan fingerprint density at radius 3 is 1.76 bits per heavy atom. The van der Waals surface area contributed by atoms with E-state index in [0.29, 0.717) is 0 Å². The van der Waals surface area contributed by atoms with Gasteiger partial charge in [-0.2, -0.15) is 0 Å². The number of nitro groups is 2. The van der Waals surface area contributed by atoms with Gasteiger partial charge in [0.2, 0.25) is 5.82 Å². The maximum atomic E-state index is 10.3. The third kappa shape index (κ3) is 3.73. The molecule has 21 heavy (non-hydrogen) atoms. The van der Waals surface area contributed by atoms with Crippen LogP contribution in [-0.2, 0) is 0 Å². The molecule has 0 amide bonds. The van der Waals surface area contributed by atoms with Crippen molar-refractivity contribution in [1.82, 2.24) is 9.71 Å². The van der Waals surface area contributed by atoms with Crippen molar-refractivity contribution in [2.75, 3.05) is 5.73 Å². The van der Waals surface area contributed by atoms with Crippen molar-refractivity contribution in [3.05, 3.63) is 62.1 Å². The summed E-state index contributed by atoms with van der Waals surface area (Å²) in [5.41, 5.74) is 3.98. The third-order valence-corrected chi connectivity index (χ3v) is 2.11. The molecule has 0 aliphatic carbocycles. The van der Waals surface area contributed by atoms with E-state index in [-0.39, 0.29) is 4.73 Å². The second-order valence-corrected chi connectivity index (χ2v) is 3.47. The van der Waals surface area contributed by atoms with Crippen LogP contribution in [0.4, 0.5) is 17.5 Å². The van der Waals surface area contributed by atoms with Gasteiger partial charge in [-0.1, -0.05) is 36.4 Å². The molecule has 0 saturated heterocycles. The molecule has 0 radical (unpaired) electrons. The first kappa shape index (κ1) is 15.6. The number of nitrogens with one attached hydrogen (secondary N) is 1. The molecule has 1 aromatic carbocycles. The lowest BCUT2D eigenvalue weighted by atomic mass is 10.4. The van der Waals surface area contributed by atoms with Crippen LogP contribution in [0, 0.1) is 25.6 Å². The summed E-state index contributed by atoms with van der Waals surface area (Å²) in [5.74, 6) is -3.09. The average molecular weight is 294 g/mol. The number of rotatable bonds is 2. The van der Waals surface area contributed by atoms with Gasteiger partial charge in [0.15, 0.2) is 0 Å². The smallest absolute Gasteiger partial charge is 0.414 e. The second-order valence-electron chi connectivity index (χ2n) is 3.47. The van der Waals surface area contributed by atoms with E-state index in [1.165, 1.54) is 0 Å². The molecule has 0 aliphatic rings. The number of anilines is 1. The van der Waals surface area contributed by atoms with E-state index in [4.69, 9.17) is 16.4 Å². The van der Waals surface area contributed by atoms with E-state index >= 15 is 0 Å². The highest BCUT2D eigenvalue weighted by Gasteiger charge is 2.25. The van der Waals surface area contributed by atoms with Crippen LogP contribution in [-0.4, -0.2) is 24.8 Å². The zero-order valence-corrected chi connectivity index (χ0v) is 10.4. The highest BCUT2D eigenvalue weighted by molar-refractivity contribution is 5.48. The fourth-order valence-corrected chi connectivity index (χ4v) is 1.17. The Kier molecular flexibility index (Phi) is 4.89. The van der Waals surface area contributed by atoms with Gasteiger partial charge in [0, 0.05) is 4.98 Å². The molecule has 1 heterocycles. The first-order valence-electron chi connectivity index (χ1n) is 5.31. The number of hydrogen-bond acceptors (Lipinski definition) is 8. The van der Waals surface area contributed by atoms with E-state index in [9.17, 15) is 20.2 Å². The molecule has 110 valence electrons. The summed E-state index contributed by atoms with van der Waals surface area (Å²) in [6.07, 6.45) is 0. The van der Waals surface area contributed by atoms with Crippen molar-refractivity contribution >= 4 is 17.5 Å². The standard InChI is InChI=1S/C6H6.C4H4N6O5/c1-2-4-6-5-3-1;5-1-3(9(12)13)7-4(10(14)15)2(6)8(1)11/h1-6H;5,11H,6H2. The minimum atomic E-state index is -1.15. The number of benzene rings is 1. The highest BCUT2D eigenvalue weighted by atomic mass is 16.6. The monoisotopic (exact) mass is 294 g/mol. The van der Waals surface area contributed by atoms with E-state index in [1.807, 2.05) is 36.4 Å². The van der Waals surface area contributed by atoms with E-state index in [0.717, 1.165) is 0 Å². The largest absolute Gasteiger partial charge is 0.424 e. The van der Waals surface area contributed by atoms with Crippen LogP contribution < -0.4 is 11.2 Å². The van der Waals surface area contributed by atoms with Crippen LogP contribution in [0.1, 0.15) is 0 Å². The lowest BCUT2D eigenvalue weighted by molar-refractivity contribution is -0.405. The molecule has 1 aromatic heterocycles. The van der Waals surface area contributed by atoms with Gasteiger partial charge in [0.05, 0.1) is 0 Å². The molecule has 11 heteroatoms. The first-order chi connectivity index (χ1) is 9.86. The average Bonchev–Trinajstić information content (AvgIpc) is 2.46. The van der Waals surface area contributed by atoms with Gasteiger partial charge >= 0.3 is 11.6 Å². The Labute approximate surface area is 116 Å². The Morgan fingerprint density at radius 1 is 1.05 bits per heavy atom. The minimum Gasteiger partial charge on any atom is -0.424 e. The molecule has 0 atom stereocenters. The van der Waals surface area contributed by atoms with E-state index < -0.39 is 32.8 Å². The molecule has 2 rings (SSSR count). The van der Waals surface area contributed by atoms with Gasteiger partial charge in [-0.3, -0.25) is 5.41 Å². The minimum absolute atomic E-state index is 0.177. The zero-order valence-electron chi connectivity index (χ0n) is 10.4. The molecule has 4 N–H and O–H groups in total. The summed E-state index contributed by atoms with van der Waals surface area (Å²) in [6.45, 7) is 0. The van der Waals surface area contributed by atoms with E-state index in [1.54, 1.807) is 0 Å². The van der Waals surface area contributed by atoms with Gasteiger partial charge in [0.1, 0.15) is 0 Å². The number of nitrogens with zero attached hydrogens (tertiary/aromatic N) is 4. The van der Waals surface area contributed by atoms with Crippen molar-refractivity contribution in [3.63, 3.8) is 0 Å². The summed E-state index contributed by atoms with van der Waals surface area (Å²) in [4.78, 5) is 21.3. The molecule has 11 nitrogen and oxygen atoms in total. The molecular weight excluding hydrogens is 284 g/mol. The lowest BCUT2D eigenvalue weighted by Crippen LogP contribution is -2.26. The maximum Gasteiger partial charge on any atom is 0.414 e. The fourth-order valence-electron chi connectivity index (χ4n) is 1.17. The maximum absolute atomic E-state index is 10.3. The Morgan fingerprint density at radius 2 is 1.43 bits per heavy atom. The molecule has 2 aromatic rings. The topological polar surface area (TPSA) is 174 Å². The van der Waals surface area contributed by atoms with Crippen LogP contribution in [0.25, 0.3) is 0 Å². The van der Waals surface area contributed by atoms with E-state index in [2.05, 4.69) is 4.98 Å². The van der Waals surface area contributed by atoms with Crippen molar-refractivity contribution in [3.8, 4) is 0 Å². The molecule has 0 unspecified atom stereocenters. The van der Waals surface area contributed by atoms with Crippen molar-refractivity contribution in [2.45, 2.75) is 0 Å². The number of nitrogen functional groups attached to an aromatic ring is 1. The van der Waals surface area contributed by atoms with Crippen molar-refractivity contribution in [2.24, 2.45) is 0 Å². The lowest BCUT2D eigenvalue weighted by Gasteiger charge is -2.02. The molecule has 0 aliphatic heterocycles. The SMILES string of the molecule is N=c1c([N+](=O)[O-])nc([N+](=O)[O-])c(N)n1O.c1ccccc1. The van der Waals surface area contributed by atoms with Crippen molar-refractivity contribution < 1.29 is 15.1 Å². The predicted molar refractivity (Wildman–Crippen MR) is 69.4 cm³/mol. The van der Waals surface area contributed by atoms with Gasteiger partial charge in [-0.05, 0) is 9.85 Å². The van der Waals surface area contributed by atoms with Crippen LogP contribution in [0.5, 0.6) is 0 Å². The van der Waals surface area contributed by atoms with Crippen LogP contribution >= 0.6 is 0 Å². The van der Waals surface area contributed by atoms with Crippen LogP contribution in [0.2, 0.25) is 0 Å². The van der Waals surface area contributed by atoms with Crippen LogP contribution in [0.3, 0.4) is 0 Å². The summed E-state index contributed by atoms with van der Waals surface area (Å²) >= 11 is 0. The second kappa shape index (κ2) is 6.60.